The molecule has 0 amide bonds. The molecule has 0 bridgehead atoms. The summed E-state index contributed by atoms with van der Waals surface area (Å²) in [6, 6.07) is 10.2. The average Bonchev–Trinajstić information content (AvgIpc) is 3.43. The van der Waals surface area contributed by atoms with E-state index in [0.717, 1.165) is 48.8 Å². The monoisotopic (exact) mass is 417 g/mol. The fourth-order valence-electron chi connectivity index (χ4n) is 3.93. The molecule has 2 aromatic rings. The Morgan fingerprint density at radius 2 is 2.00 bits per heavy atom. The van der Waals surface area contributed by atoms with Crippen LogP contribution in [-0.4, -0.2) is 74.4 Å². The van der Waals surface area contributed by atoms with Crippen LogP contribution >= 0.6 is 0 Å². The average molecular weight is 418 g/mol. The molecule has 1 aliphatic rings. The summed E-state index contributed by atoms with van der Waals surface area (Å²) in [6.07, 6.45) is 2.70. The van der Waals surface area contributed by atoms with Crippen molar-refractivity contribution in [1.82, 2.24) is 10.1 Å². The van der Waals surface area contributed by atoms with Crippen LogP contribution in [0.1, 0.15) is 31.7 Å². The molecule has 1 N–H and O–H groups in total. The third kappa shape index (κ3) is 6.28. The molecule has 1 saturated heterocycles. The predicted molar refractivity (Wildman–Crippen MR) is 118 cm³/mol. The van der Waals surface area contributed by atoms with Gasteiger partial charge in [0.15, 0.2) is 0 Å². The second kappa shape index (κ2) is 12.1. The first kappa shape index (κ1) is 22.7. The summed E-state index contributed by atoms with van der Waals surface area (Å²) in [6.45, 7) is 7.56. The van der Waals surface area contributed by atoms with Gasteiger partial charge in [-0.15, -0.1) is 0 Å². The third-order valence-corrected chi connectivity index (χ3v) is 5.40. The van der Waals surface area contributed by atoms with E-state index in [1.165, 1.54) is 12.8 Å². The van der Waals surface area contributed by atoms with Crippen molar-refractivity contribution < 1.29 is 19.1 Å². The molecule has 7 nitrogen and oxygen atoms in total. The van der Waals surface area contributed by atoms with E-state index in [1.807, 2.05) is 25.1 Å². The van der Waals surface area contributed by atoms with Crippen LogP contribution in [0.15, 0.2) is 34.9 Å². The normalized spacial score (nSPS) is 15.3. The van der Waals surface area contributed by atoms with Crippen LogP contribution in [0.25, 0.3) is 11.3 Å². The summed E-state index contributed by atoms with van der Waals surface area (Å²) < 4.78 is 16.5. The maximum atomic E-state index is 10.5. The standard InChI is InChI=1S/C23H35N3O4/c1-3-29-18-20(27)16-25(12-9-15-28-2)17-21-22(19-10-5-4-6-11-19)24-30-23(21)26-13-7-8-14-26/h4-6,10-11,20,27H,3,7-9,12-18H2,1-2H3. The topological polar surface area (TPSA) is 71.2 Å². The number of ether oxygens (including phenoxy) is 2. The van der Waals surface area contributed by atoms with Crippen LogP contribution in [0.4, 0.5) is 5.88 Å². The third-order valence-electron chi connectivity index (χ3n) is 5.40. The molecule has 1 atom stereocenters. The van der Waals surface area contributed by atoms with E-state index >= 15 is 0 Å². The number of rotatable bonds is 13. The first-order valence-corrected chi connectivity index (χ1v) is 11.0. The van der Waals surface area contributed by atoms with E-state index < -0.39 is 6.10 Å². The lowest BCUT2D eigenvalue weighted by Gasteiger charge is -2.26. The summed E-state index contributed by atoms with van der Waals surface area (Å²) in [7, 11) is 1.72. The van der Waals surface area contributed by atoms with Gasteiger partial charge in [0.05, 0.1) is 18.3 Å². The highest BCUT2D eigenvalue weighted by Crippen LogP contribution is 2.34. The summed E-state index contributed by atoms with van der Waals surface area (Å²) in [5.74, 6) is 0.863. The first-order chi connectivity index (χ1) is 14.7. The van der Waals surface area contributed by atoms with Gasteiger partial charge in [0.25, 0.3) is 0 Å². The molecule has 1 aromatic heterocycles. The largest absolute Gasteiger partial charge is 0.389 e. The minimum Gasteiger partial charge on any atom is -0.389 e. The number of hydrogen-bond donors (Lipinski definition) is 1. The van der Waals surface area contributed by atoms with Crippen molar-refractivity contribution in [2.75, 3.05) is 58.0 Å². The van der Waals surface area contributed by atoms with Crippen LogP contribution in [0.2, 0.25) is 0 Å². The van der Waals surface area contributed by atoms with E-state index in [4.69, 9.17) is 14.0 Å². The zero-order chi connectivity index (χ0) is 21.2. The molecule has 0 saturated carbocycles. The van der Waals surface area contributed by atoms with Gasteiger partial charge >= 0.3 is 0 Å². The summed E-state index contributed by atoms with van der Waals surface area (Å²) >= 11 is 0. The van der Waals surface area contributed by atoms with E-state index in [9.17, 15) is 5.11 Å². The number of benzene rings is 1. The Balaban J connectivity index is 1.84. The number of nitrogens with zero attached hydrogens (tertiary/aromatic N) is 3. The van der Waals surface area contributed by atoms with Crippen LogP contribution in [0.5, 0.6) is 0 Å². The van der Waals surface area contributed by atoms with Crippen LogP contribution in [0, 0.1) is 0 Å². The van der Waals surface area contributed by atoms with Gasteiger partial charge in [0, 0.05) is 58.6 Å². The SMILES string of the molecule is CCOCC(O)CN(CCCOC)Cc1c(-c2ccccc2)noc1N1CCCC1. The van der Waals surface area contributed by atoms with Gasteiger partial charge in [-0.05, 0) is 26.2 Å². The van der Waals surface area contributed by atoms with E-state index in [0.29, 0.717) is 32.9 Å². The number of anilines is 1. The number of aromatic nitrogens is 1. The minimum absolute atomic E-state index is 0.339. The highest BCUT2D eigenvalue weighted by atomic mass is 16.5. The summed E-state index contributed by atoms with van der Waals surface area (Å²) in [4.78, 5) is 4.54. The number of methoxy groups -OCH3 is 1. The van der Waals surface area contributed by atoms with Gasteiger partial charge in [-0.1, -0.05) is 35.5 Å². The lowest BCUT2D eigenvalue weighted by molar-refractivity contribution is 0.0181. The highest BCUT2D eigenvalue weighted by molar-refractivity contribution is 5.68. The molecule has 30 heavy (non-hydrogen) atoms. The van der Waals surface area contributed by atoms with Crippen molar-refractivity contribution in [2.45, 2.75) is 38.8 Å². The van der Waals surface area contributed by atoms with E-state index in [1.54, 1.807) is 7.11 Å². The molecule has 0 radical (unpaired) electrons. The van der Waals surface area contributed by atoms with Crippen molar-refractivity contribution in [1.29, 1.82) is 0 Å². The Labute approximate surface area is 179 Å². The second-order valence-corrected chi connectivity index (χ2v) is 7.77. The van der Waals surface area contributed by atoms with Gasteiger partial charge in [0.1, 0.15) is 5.69 Å². The predicted octanol–water partition coefficient (Wildman–Crippen LogP) is 3.18. The van der Waals surface area contributed by atoms with E-state index in [2.05, 4.69) is 27.1 Å². The Bertz CT molecular complexity index is 731. The van der Waals surface area contributed by atoms with Gasteiger partial charge in [-0.25, -0.2) is 0 Å². The molecule has 0 aliphatic carbocycles. The zero-order valence-corrected chi connectivity index (χ0v) is 18.3. The molecule has 166 valence electrons. The molecule has 1 fully saturated rings. The molecule has 0 spiro atoms. The Kier molecular flexibility index (Phi) is 9.14. The van der Waals surface area contributed by atoms with Gasteiger partial charge in [0.2, 0.25) is 5.88 Å². The van der Waals surface area contributed by atoms with Crippen molar-refractivity contribution in [3.63, 3.8) is 0 Å². The Morgan fingerprint density at radius 3 is 2.70 bits per heavy atom. The van der Waals surface area contributed by atoms with Crippen LogP contribution in [-0.2, 0) is 16.0 Å². The second-order valence-electron chi connectivity index (χ2n) is 7.77. The molecule has 1 aromatic carbocycles. The maximum absolute atomic E-state index is 10.5. The molecule has 1 unspecified atom stereocenters. The molecule has 2 heterocycles. The maximum Gasteiger partial charge on any atom is 0.232 e. The molecule has 1 aliphatic heterocycles. The number of hydrogen-bond acceptors (Lipinski definition) is 7. The van der Waals surface area contributed by atoms with Crippen LogP contribution in [0.3, 0.4) is 0 Å². The van der Waals surface area contributed by atoms with Gasteiger partial charge in [-0.3, -0.25) is 4.90 Å². The molecule has 3 rings (SSSR count). The fourth-order valence-corrected chi connectivity index (χ4v) is 3.93. The Morgan fingerprint density at radius 1 is 1.23 bits per heavy atom. The van der Waals surface area contributed by atoms with Gasteiger partial charge in [-0.2, -0.15) is 0 Å². The lowest BCUT2D eigenvalue weighted by atomic mass is 10.1. The van der Waals surface area contributed by atoms with Crippen molar-refractivity contribution in [3.05, 3.63) is 35.9 Å². The van der Waals surface area contributed by atoms with Crippen LogP contribution < -0.4 is 4.90 Å². The van der Waals surface area contributed by atoms with Crippen molar-refractivity contribution in [3.8, 4) is 11.3 Å². The summed E-state index contributed by atoms with van der Waals surface area (Å²) in [5.41, 5.74) is 3.02. The summed E-state index contributed by atoms with van der Waals surface area (Å²) in [5, 5.41) is 14.9. The van der Waals surface area contributed by atoms with Crippen molar-refractivity contribution in [2.24, 2.45) is 0 Å². The van der Waals surface area contributed by atoms with Gasteiger partial charge < -0.3 is 24.0 Å². The molecular weight excluding hydrogens is 382 g/mol. The smallest absolute Gasteiger partial charge is 0.232 e. The van der Waals surface area contributed by atoms with E-state index in [-0.39, 0.29) is 0 Å². The quantitative estimate of drug-likeness (QED) is 0.502. The Hall–Kier alpha value is -1.93. The zero-order valence-electron chi connectivity index (χ0n) is 18.3. The highest BCUT2D eigenvalue weighted by Gasteiger charge is 2.26. The first-order valence-electron chi connectivity index (χ1n) is 11.0. The van der Waals surface area contributed by atoms with Crippen molar-refractivity contribution >= 4 is 5.88 Å². The number of aliphatic hydroxyl groups excluding tert-OH is 1. The number of aliphatic hydroxyl groups is 1. The fraction of sp³-hybridized carbons (Fsp3) is 0.609. The molecule has 7 heteroatoms. The lowest BCUT2D eigenvalue weighted by Crippen LogP contribution is -2.36. The minimum atomic E-state index is -0.539. The molecular formula is C23H35N3O4.